The van der Waals surface area contributed by atoms with Crippen molar-refractivity contribution in [1.29, 1.82) is 0 Å². The molecule has 6 nitrogen and oxygen atoms in total. The first-order valence-electron chi connectivity index (χ1n) is 8.19. The number of carbonyl (C=O) groups excluding carboxylic acids is 1. The maximum absolute atomic E-state index is 12.4. The highest BCUT2D eigenvalue weighted by atomic mass is 32.1. The summed E-state index contributed by atoms with van der Waals surface area (Å²) in [6.07, 6.45) is 3.94. The van der Waals surface area contributed by atoms with Crippen molar-refractivity contribution in [3.63, 3.8) is 0 Å². The number of hydrogen-bond donors (Lipinski definition) is 0. The van der Waals surface area contributed by atoms with Gasteiger partial charge in [-0.2, -0.15) is 5.10 Å². The second kappa shape index (κ2) is 7.92. The maximum atomic E-state index is 12.4. The van der Waals surface area contributed by atoms with Crippen LogP contribution in [0.2, 0.25) is 0 Å². The standard InChI is InChI=1S/C17H24N4O2S/c1-14-8-18-21(9-14)11-15-10-20(5-6-23-15)13-17(22)19(2)12-16-4-3-7-24-16/h3-4,7-9,15H,5-6,10-13H2,1-2H3/t15-/m0/s1. The Bertz CT molecular complexity index is 655. The summed E-state index contributed by atoms with van der Waals surface area (Å²) >= 11 is 1.68. The van der Waals surface area contributed by atoms with Gasteiger partial charge in [0.05, 0.1) is 38.5 Å². The highest BCUT2D eigenvalue weighted by molar-refractivity contribution is 7.09. The summed E-state index contributed by atoms with van der Waals surface area (Å²) in [5.41, 5.74) is 1.15. The van der Waals surface area contributed by atoms with Crippen LogP contribution in [-0.4, -0.2) is 64.9 Å². The molecule has 1 saturated heterocycles. The van der Waals surface area contributed by atoms with Gasteiger partial charge in [-0.3, -0.25) is 14.4 Å². The number of hydrogen-bond acceptors (Lipinski definition) is 5. The van der Waals surface area contributed by atoms with Crippen molar-refractivity contribution in [1.82, 2.24) is 19.6 Å². The molecule has 0 aromatic carbocycles. The third-order valence-corrected chi connectivity index (χ3v) is 4.99. The smallest absolute Gasteiger partial charge is 0.236 e. The van der Waals surface area contributed by atoms with Gasteiger partial charge in [0.2, 0.25) is 5.91 Å². The predicted octanol–water partition coefficient (Wildman–Crippen LogP) is 1.61. The van der Waals surface area contributed by atoms with Gasteiger partial charge >= 0.3 is 0 Å². The van der Waals surface area contributed by atoms with Crippen molar-refractivity contribution in [2.75, 3.05) is 33.3 Å². The number of thiophene rings is 1. The lowest BCUT2D eigenvalue weighted by atomic mass is 10.2. The lowest BCUT2D eigenvalue weighted by Gasteiger charge is -2.33. The molecule has 0 spiro atoms. The van der Waals surface area contributed by atoms with E-state index in [4.69, 9.17) is 4.74 Å². The second-order valence-corrected chi connectivity index (χ2v) is 7.33. The van der Waals surface area contributed by atoms with E-state index in [0.29, 0.717) is 19.7 Å². The number of aryl methyl sites for hydroxylation is 1. The van der Waals surface area contributed by atoms with Crippen LogP contribution in [0.25, 0.3) is 0 Å². The second-order valence-electron chi connectivity index (χ2n) is 6.30. The molecular weight excluding hydrogens is 324 g/mol. The Balaban J connectivity index is 1.48. The fourth-order valence-corrected chi connectivity index (χ4v) is 3.60. The summed E-state index contributed by atoms with van der Waals surface area (Å²) in [6, 6.07) is 4.08. The maximum Gasteiger partial charge on any atom is 0.236 e. The third-order valence-electron chi connectivity index (χ3n) is 4.13. The van der Waals surface area contributed by atoms with Crippen molar-refractivity contribution in [3.05, 3.63) is 40.3 Å². The molecule has 0 bridgehead atoms. The summed E-state index contributed by atoms with van der Waals surface area (Å²) < 4.78 is 7.73. The molecule has 7 heteroatoms. The molecule has 0 unspecified atom stereocenters. The highest BCUT2D eigenvalue weighted by Gasteiger charge is 2.24. The number of likely N-dealkylation sites (N-methyl/N-ethyl adjacent to an activating group) is 1. The molecule has 24 heavy (non-hydrogen) atoms. The molecule has 0 N–H and O–H groups in total. The molecule has 1 atom stereocenters. The largest absolute Gasteiger partial charge is 0.374 e. The van der Waals surface area contributed by atoms with E-state index in [9.17, 15) is 4.79 Å². The molecule has 0 saturated carbocycles. The topological polar surface area (TPSA) is 50.6 Å². The zero-order valence-corrected chi connectivity index (χ0v) is 15.0. The summed E-state index contributed by atoms with van der Waals surface area (Å²) in [7, 11) is 1.87. The lowest BCUT2D eigenvalue weighted by Crippen LogP contribution is -2.48. The van der Waals surface area contributed by atoms with Crippen LogP contribution < -0.4 is 0 Å². The van der Waals surface area contributed by atoms with Gasteiger partial charge in [0.25, 0.3) is 0 Å². The number of aromatic nitrogens is 2. The van der Waals surface area contributed by atoms with Crippen molar-refractivity contribution >= 4 is 17.2 Å². The van der Waals surface area contributed by atoms with Crippen LogP contribution in [0.3, 0.4) is 0 Å². The van der Waals surface area contributed by atoms with Crippen LogP contribution in [0.15, 0.2) is 29.9 Å². The number of morpholine rings is 1. The van der Waals surface area contributed by atoms with Gasteiger partial charge in [-0.05, 0) is 23.9 Å². The Morgan fingerprint density at radius 2 is 2.42 bits per heavy atom. The van der Waals surface area contributed by atoms with Gasteiger partial charge in [0.15, 0.2) is 0 Å². The van der Waals surface area contributed by atoms with Gasteiger partial charge in [-0.15, -0.1) is 11.3 Å². The van der Waals surface area contributed by atoms with Crippen LogP contribution in [0, 0.1) is 6.92 Å². The van der Waals surface area contributed by atoms with E-state index in [-0.39, 0.29) is 12.0 Å². The van der Waals surface area contributed by atoms with Gasteiger partial charge in [0, 0.05) is 31.2 Å². The van der Waals surface area contributed by atoms with Crippen molar-refractivity contribution in [2.45, 2.75) is 26.1 Å². The highest BCUT2D eigenvalue weighted by Crippen LogP contribution is 2.12. The molecule has 1 fully saturated rings. The Morgan fingerprint density at radius 3 is 3.12 bits per heavy atom. The van der Waals surface area contributed by atoms with E-state index in [0.717, 1.165) is 25.2 Å². The van der Waals surface area contributed by atoms with E-state index in [1.807, 2.05) is 42.5 Å². The number of ether oxygens (including phenoxy) is 1. The van der Waals surface area contributed by atoms with E-state index in [2.05, 4.69) is 16.1 Å². The quantitative estimate of drug-likeness (QED) is 0.796. The molecule has 130 valence electrons. The normalized spacial score (nSPS) is 18.7. The minimum absolute atomic E-state index is 0.0773. The number of rotatable bonds is 6. The van der Waals surface area contributed by atoms with Crippen molar-refractivity contribution < 1.29 is 9.53 Å². The van der Waals surface area contributed by atoms with E-state index < -0.39 is 0 Å². The molecule has 0 radical (unpaired) electrons. The Kier molecular flexibility index (Phi) is 5.65. The molecule has 3 rings (SSSR count). The fraction of sp³-hybridized carbons (Fsp3) is 0.529. The van der Waals surface area contributed by atoms with Gasteiger partial charge in [0.1, 0.15) is 0 Å². The summed E-state index contributed by atoms with van der Waals surface area (Å²) in [6.45, 7) is 6.09. The van der Waals surface area contributed by atoms with E-state index in [1.54, 1.807) is 16.2 Å². The summed E-state index contributed by atoms with van der Waals surface area (Å²) in [4.78, 5) is 17.6. The lowest BCUT2D eigenvalue weighted by molar-refractivity contribution is -0.133. The first-order valence-corrected chi connectivity index (χ1v) is 9.07. The van der Waals surface area contributed by atoms with Gasteiger partial charge < -0.3 is 9.64 Å². The predicted molar refractivity (Wildman–Crippen MR) is 93.9 cm³/mol. The number of nitrogens with zero attached hydrogens (tertiary/aromatic N) is 4. The van der Waals surface area contributed by atoms with Crippen molar-refractivity contribution in [3.8, 4) is 0 Å². The molecule has 3 heterocycles. The first-order chi connectivity index (χ1) is 11.6. The average molecular weight is 348 g/mol. The monoisotopic (exact) mass is 348 g/mol. The molecule has 2 aromatic rings. The Morgan fingerprint density at radius 1 is 1.54 bits per heavy atom. The Labute approximate surface area is 146 Å². The molecule has 1 aliphatic rings. The third kappa shape index (κ3) is 4.66. The van der Waals surface area contributed by atoms with Crippen LogP contribution >= 0.6 is 11.3 Å². The van der Waals surface area contributed by atoms with E-state index in [1.165, 1.54) is 4.88 Å². The van der Waals surface area contributed by atoms with Gasteiger partial charge in [-0.1, -0.05) is 6.07 Å². The Hall–Kier alpha value is -1.70. The van der Waals surface area contributed by atoms with Crippen molar-refractivity contribution in [2.24, 2.45) is 0 Å². The first kappa shape index (κ1) is 17.1. The minimum Gasteiger partial charge on any atom is -0.374 e. The fourth-order valence-electron chi connectivity index (χ4n) is 2.85. The molecule has 1 amide bonds. The SMILES string of the molecule is Cc1cnn(C[C@@H]2CN(CC(=O)N(C)Cc3cccs3)CCO2)c1. The zero-order chi connectivity index (χ0) is 16.9. The van der Waals surface area contributed by atoms with E-state index >= 15 is 0 Å². The average Bonchev–Trinajstić information content (AvgIpc) is 3.19. The zero-order valence-electron chi connectivity index (χ0n) is 14.2. The summed E-state index contributed by atoms with van der Waals surface area (Å²) in [5, 5.41) is 6.35. The number of amides is 1. The van der Waals surface area contributed by atoms with Crippen LogP contribution in [0.1, 0.15) is 10.4 Å². The molecular formula is C17H24N4O2S. The minimum atomic E-state index is 0.0773. The molecule has 2 aromatic heterocycles. The van der Waals surface area contributed by atoms with Crippen LogP contribution in [0.4, 0.5) is 0 Å². The summed E-state index contributed by atoms with van der Waals surface area (Å²) in [5.74, 6) is 0.152. The molecule has 1 aliphatic heterocycles. The van der Waals surface area contributed by atoms with Gasteiger partial charge in [-0.25, -0.2) is 0 Å². The molecule has 0 aliphatic carbocycles. The van der Waals surface area contributed by atoms with Crippen LogP contribution in [0.5, 0.6) is 0 Å². The number of carbonyl (C=O) groups is 1. The van der Waals surface area contributed by atoms with Crippen LogP contribution in [-0.2, 0) is 22.6 Å².